The van der Waals surface area contributed by atoms with Crippen LogP contribution in [-0.2, 0) is 14.4 Å². The highest BCUT2D eigenvalue weighted by Gasteiger charge is 2.34. The van der Waals surface area contributed by atoms with E-state index in [0.29, 0.717) is 22.7 Å². The minimum atomic E-state index is -0.506. The van der Waals surface area contributed by atoms with Gasteiger partial charge in [-0.25, -0.2) is 5.01 Å². The average molecular weight is 462 g/mol. The van der Waals surface area contributed by atoms with E-state index in [-0.39, 0.29) is 23.1 Å². The summed E-state index contributed by atoms with van der Waals surface area (Å²) in [6.45, 7) is 1.74. The van der Waals surface area contributed by atoms with Crippen molar-refractivity contribution < 1.29 is 19.1 Å². The summed E-state index contributed by atoms with van der Waals surface area (Å²) in [6, 6.07) is 21.0. The number of hydrogen-bond donors (Lipinski definition) is 2. The second-order valence-corrected chi connectivity index (χ2v) is 7.77. The van der Waals surface area contributed by atoms with E-state index in [2.05, 4.69) is 10.7 Å². The number of hydrazine groups is 1. The van der Waals surface area contributed by atoms with Gasteiger partial charge in [-0.15, -0.1) is 0 Å². The van der Waals surface area contributed by atoms with Crippen molar-refractivity contribution in [2.45, 2.75) is 6.92 Å². The summed E-state index contributed by atoms with van der Waals surface area (Å²) >= 11 is 6.29. The standard InChI is InChI=1S/C25H20ClN3O4/c1-16-7-10-18(11-8-16)27-23(30)15-33-22-12-9-17(14-21(22)26)13-20-24(31)28-29(25(20)32)19-5-3-2-4-6-19/h2-14H,15H2,1H3,(H,27,30)(H,28,31)/b20-13-. The van der Waals surface area contributed by atoms with Crippen molar-refractivity contribution in [1.82, 2.24) is 5.43 Å². The number of para-hydroxylation sites is 1. The fourth-order valence-corrected chi connectivity index (χ4v) is 3.43. The molecule has 0 atom stereocenters. The fourth-order valence-electron chi connectivity index (χ4n) is 3.18. The molecule has 1 aliphatic heterocycles. The minimum Gasteiger partial charge on any atom is -0.482 e. The lowest BCUT2D eigenvalue weighted by molar-refractivity contribution is -0.118. The zero-order valence-electron chi connectivity index (χ0n) is 17.7. The number of hydrogen-bond acceptors (Lipinski definition) is 4. The number of nitrogens with zero attached hydrogens (tertiary/aromatic N) is 1. The highest BCUT2D eigenvalue weighted by Crippen LogP contribution is 2.28. The van der Waals surface area contributed by atoms with Crippen molar-refractivity contribution in [2.24, 2.45) is 0 Å². The molecule has 1 aliphatic rings. The predicted molar refractivity (Wildman–Crippen MR) is 127 cm³/mol. The number of benzene rings is 3. The number of nitrogens with one attached hydrogen (secondary N) is 2. The van der Waals surface area contributed by atoms with Crippen LogP contribution < -0.4 is 20.5 Å². The molecule has 1 heterocycles. The molecule has 0 radical (unpaired) electrons. The van der Waals surface area contributed by atoms with E-state index in [9.17, 15) is 14.4 Å². The summed E-state index contributed by atoms with van der Waals surface area (Å²) in [6.07, 6.45) is 1.46. The summed E-state index contributed by atoms with van der Waals surface area (Å²) in [7, 11) is 0. The summed E-state index contributed by atoms with van der Waals surface area (Å²) in [5.74, 6) is -0.982. The van der Waals surface area contributed by atoms with Gasteiger partial charge in [-0.3, -0.25) is 19.8 Å². The molecule has 3 aromatic carbocycles. The molecule has 33 heavy (non-hydrogen) atoms. The van der Waals surface area contributed by atoms with Crippen LogP contribution in [-0.4, -0.2) is 24.3 Å². The lowest BCUT2D eigenvalue weighted by Gasteiger charge is -2.13. The monoisotopic (exact) mass is 461 g/mol. The number of amides is 3. The molecule has 1 fully saturated rings. The molecule has 3 aromatic rings. The number of anilines is 2. The quantitative estimate of drug-likeness (QED) is 0.427. The van der Waals surface area contributed by atoms with Crippen LogP contribution >= 0.6 is 11.6 Å². The van der Waals surface area contributed by atoms with Gasteiger partial charge in [0.05, 0.1) is 10.7 Å². The maximum atomic E-state index is 12.7. The first-order valence-corrected chi connectivity index (χ1v) is 10.5. The summed E-state index contributed by atoms with van der Waals surface area (Å²) in [5.41, 5.74) is 5.41. The average Bonchev–Trinajstić information content (AvgIpc) is 3.09. The van der Waals surface area contributed by atoms with Gasteiger partial charge < -0.3 is 10.1 Å². The first-order valence-electron chi connectivity index (χ1n) is 10.1. The van der Waals surface area contributed by atoms with Gasteiger partial charge in [-0.1, -0.05) is 53.6 Å². The van der Waals surface area contributed by atoms with Crippen molar-refractivity contribution in [2.75, 3.05) is 16.9 Å². The third kappa shape index (κ3) is 5.22. The van der Waals surface area contributed by atoms with E-state index in [1.165, 1.54) is 11.1 Å². The van der Waals surface area contributed by atoms with E-state index in [0.717, 1.165) is 5.56 Å². The molecule has 0 spiro atoms. The Morgan fingerprint density at radius 2 is 1.79 bits per heavy atom. The van der Waals surface area contributed by atoms with Crippen LogP contribution in [0.4, 0.5) is 11.4 Å². The summed E-state index contributed by atoms with van der Waals surface area (Å²) in [5, 5.41) is 4.19. The van der Waals surface area contributed by atoms with Gasteiger partial charge in [-0.05, 0) is 55.0 Å². The second kappa shape index (κ2) is 9.58. The Kier molecular flexibility index (Phi) is 6.42. The van der Waals surface area contributed by atoms with Gasteiger partial charge in [0.25, 0.3) is 17.7 Å². The molecule has 1 saturated heterocycles. The summed E-state index contributed by atoms with van der Waals surface area (Å²) < 4.78 is 5.52. The Morgan fingerprint density at radius 3 is 2.48 bits per heavy atom. The molecule has 7 nitrogen and oxygen atoms in total. The number of aryl methyl sites for hydroxylation is 1. The van der Waals surface area contributed by atoms with Crippen molar-refractivity contribution >= 4 is 46.8 Å². The minimum absolute atomic E-state index is 0.0129. The smallest absolute Gasteiger partial charge is 0.282 e. The first kappa shape index (κ1) is 22.1. The molecule has 3 amide bonds. The Balaban J connectivity index is 1.41. The number of halogens is 1. The number of rotatable bonds is 6. The van der Waals surface area contributed by atoms with Crippen molar-refractivity contribution in [1.29, 1.82) is 0 Å². The van der Waals surface area contributed by atoms with Gasteiger partial charge in [-0.2, -0.15) is 0 Å². The van der Waals surface area contributed by atoms with Gasteiger partial charge in [0.1, 0.15) is 11.3 Å². The van der Waals surface area contributed by atoms with Crippen molar-refractivity contribution in [3.8, 4) is 5.75 Å². The molecule has 8 heteroatoms. The van der Waals surface area contributed by atoms with E-state index >= 15 is 0 Å². The van der Waals surface area contributed by atoms with Crippen LogP contribution in [0.25, 0.3) is 6.08 Å². The molecule has 0 bridgehead atoms. The van der Waals surface area contributed by atoms with E-state index in [1.54, 1.807) is 42.5 Å². The largest absolute Gasteiger partial charge is 0.482 e. The lowest BCUT2D eigenvalue weighted by atomic mass is 10.1. The van der Waals surface area contributed by atoms with Gasteiger partial charge >= 0.3 is 0 Å². The van der Waals surface area contributed by atoms with E-state index < -0.39 is 11.8 Å². The fraction of sp³-hybridized carbons (Fsp3) is 0.0800. The Morgan fingerprint density at radius 1 is 1.06 bits per heavy atom. The number of carbonyl (C=O) groups excluding carboxylic acids is 3. The zero-order chi connectivity index (χ0) is 23.4. The molecule has 166 valence electrons. The topological polar surface area (TPSA) is 87.7 Å². The molecule has 4 rings (SSSR count). The molecule has 0 aliphatic carbocycles. The predicted octanol–water partition coefficient (Wildman–Crippen LogP) is 4.13. The maximum Gasteiger partial charge on any atom is 0.282 e. The maximum absolute atomic E-state index is 12.7. The SMILES string of the molecule is Cc1ccc(NC(=O)COc2ccc(/C=C3/C(=O)NN(c4ccccc4)C3=O)cc2Cl)cc1. The van der Waals surface area contributed by atoms with Gasteiger partial charge in [0, 0.05) is 5.69 Å². The van der Waals surface area contributed by atoms with E-state index in [1.807, 2.05) is 37.3 Å². The van der Waals surface area contributed by atoms with Crippen molar-refractivity contribution in [3.63, 3.8) is 0 Å². The second-order valence-electron chi connectivity index (χ2n) is 7.37. The third-order valence-electron chi connectivity index (χ3n) is 4.87. The molecule has 2 N–H and O–H groups in total. The molecular weight excluding hydrogens is 442 g/mol. The van der Waals surface area contributed by atoms with Crippen LogP contribution in [0.1, 0.15) is 11.1 Å². The normalized spacial score (nSPS) is 14.4. The van der Waals surface area contributed by atoms with Crippen LogP contribution in [0.5, 0.6) is 5.75 Å². The van der Waals surface area contributed by atoms with Crippen LogP contribution in [0, 0.1) is 6.92 Å². The Labute approximate surface area is 195 Å². The zero-order valence-corrected chi connectivity index (χ0v) is 18.4. The highest BCUT2D eigenvalue weighted by atomic mass is 35.5. The van der Waals surface area contributed by atoms with Crippen molar-refractivity contribution in [3.05, 3.63) is 94.5 Å². The van der Waals surface area contributed by atoms with Crippen LogP contribution in [0.15, 0.2) is 78.4 Å². The first-order chi connectivity index (χ1) is 15.9. The Bertz CT molecular complexity index is 1240. The molecule has 0 aromatic heterocycles. The van der Waals surface area contributed by atoms with E-state index in [4.69, 9.17) is 16.3 Å². The highest BCUT2D eigenvalue weighted by molar-refractivity contribution is 6.33. The summed E-state index contributed by atoms with van der Waals surface area (Å²) in [4.78, 5) is 37.1. The molecule has 0 unspecified atom stereocenters. The number of ether oxygens (including phenoxy) is 1. The van der Waals surface area contributed by atoms with Gasteiger partial charge in [0.2, 0.25) is 0 Å². The van der Waals surface area contributed by atoms with Gasteiger partial charge in [0.15, 0.2) is 6.61 Å². The Hall–Kier alpha value is -4.10. The van der Waals surface area contributed by atoms with Crippen LogP contribution in [0.3, 0.4) is 0 Å². The molecular formula is C25H20ClN3O4. The number of carbonyl (C=O) groups is 3. The molecule has 0 saturated carbocycles. The van der Waals surface area contributed by atoms with Crippen LogP contribution in [0.2, 0.25) is 5.02 Å². The third-order valence-corrected chi connectivity index (χ3v) is 5.16. The lowest BCUT2D eigenvalue weighted by Crippen LogP contribution is -2.35.